The number of ether oxygens (including phenoxy) is 1. The summed E-state index contributed by atoms with van der Waals surface area (Å²) >= 11 is 1.39. The van der Waals surface area contributed by atoms with Crippen LogP contribution in [0.25, 0.3) is 10.8 Å². The monoisotopic (exact) mass is 446 g/mol. The third-order valence-electron chi connectivity index (χ3n) is 5.13. The third-order valence-corrected chi connectivity index (χ3v) is 6.09. The van der Waals surface area contributed by atoms with E-state index < -0.39 is 0 Å². The molecule has 4 rings (SSSR count). The Kier molecular flexibility index (Phi) is 7.40. The van der Waals surface area contributed by atoms with Crippen molar-refractivity contribution in [3.05, 3.63) is 84.2 Å². The van der Waals surface area contributed by atoms with Crippen molar-refractivity contribution >= 4 is 28.4 Å². The lowest BCUT2D eigenvalue weighted by Gasteiger charge is -2.11. The van der Waals surface area contributed by atoms with E-state index in [0.717, 1.165) is 33.9 Å². The van der Waals surface area contributed by atoms with Crippen LogP contribution in [0.4, 0.5) is 0 Å². The molecule has 7 heteroatoms. The molecule has 32 heavy (non-hydrogen) atoms. The maximum absolute atomic E-state index is 12.2. The van der Waals surface area contributed by atoms with Gasteiger partial charge in [0.1, 0.15) is 12.4 Å². The fourth-order valence-corrected chi connectivity index (χ4v) is 4.34. The van der Waals surface area contributed by atoms with Crippen molar-refractivity contribution in [2.24, 2.45) is 0 Å². The molecule has 0 bridgehead atoms. The predicted molar refractivity (Wildman–Crippen MR) is 128 cm³/mol. The molecule has 0 radical (unpaired) electrons. The van der Waals surface area contributed by atoms with Gasteiger partial charge in [-0.25, -0.2) is 0 Å². The number of amides is 1. The summed E-state index contributed by atoms with van der Waals surface area (Å²) in [7, 11) is 0. The van der Waals surface area contributed by atoms with Crippen molar-refractivity contribution < 1.29 is 9.53 Å². The highest BCUT2D eigenvalue weighted by atomic mass is 32.2. The van der Waals surface area contributed by atoms with E-state index in [1.54, 1.807) is 0 Å². The summed E-state index contributed by atoms with van der Waals surface area (Å²) < 4.78 is 8.06. The topological polar surface area (TPSA) is 69.0 Å². The van der Waals surface area contributed by atoms with Crippen molar-refractivity contribution in [2.45, 2.75) is 31.7 Å². The van der Waals surface area contributed by atoms with Crippen molar-refractivity contribution in [2.75, 3.05) is 12.3 Å². The lowest BCUT2D eigenvalue weighted by Crippen LogP contribution is -2.27. The summed E-state index contributed by atoms with van der Waals surface area (Å²) in [5, 5.41) is 14.5. The Morgan fingerprint density at radius 3 is 2.62 bits per heavy atom. The van der Waals surface area contributed by atoms with E-state index in [0.29, 0.717) is 25.4 Å². The second-order valence-corrected chi connectivity index (χ2v) is 8.23. The van der Waals surface area contributed by atoms with Crippen LogP contribution in [-0.2, 0) is 24.4 Å². The van der Waals surface area contributed by atoms with Crippen LogP contribution in [0.1, 0.15) is 18.3 Å². The number of aromatic nitrogens is 3. The van der Waals surface area contributed by atoms with Crippen molar-refractivity contribution in [3.8, 4) is 5.75 Å². The average molecular weight is 447 g/mol. The van der Waals surface area contributed by atoms with Gasteiger partial charge in [-0.1, -0.05) is 78.5 Å². The van der Waals surface area contributed by atoms with E-state index in [4.69, 9.17) is 4.74 Å². The van der Waals surface area contributed by atoms with Gasteiger partial charge < -0.3 is 14.6 Å². The lowest BCUT2D eigenvalue weighted by atomic mass is 10.1. The van der Waals surface area contributed by atoms with E-state index in [1.165, 1.54) is 17.3 Å². The molecule has 0 atom stereocenters. The van der Waals surface area contributed by atoms with E-state index in [1.807, 2.05) is 60.0 Å². The van der Waals surface area contributed by atoms with Crippen LogP contribution in [0, 0.1) is 0 Å². The molecule has 1 N–H and O–H groups in total. The van der Waals surface area contributed by atoms with Crippen LogP contribution in [0.5, 0.6) is 5.75 Å². The molecule has 0 saturated heterocycles. The minimum atomic E-state index is -0.00913. The maximum Gasteiger partial charge on any atom is 0.230 e. The number of hydrogen-bond acceptors (Lipinski definition) is 5. The number of carbonyl (C=O) groups is 1. The fourth-order valence-electron chi connectivity index (χ4n) is 3.49. The molecule has 1 amide bonds. The molecule has 0 aliphatic heterocycles. The molecule has 6 nitrogen and oxygen atoms in total. The number of hydrogen-bond donors (Lipinski definition) is 1. The summed E-state index contributed by atoms with van der Waals surface area (Å²) in [4.78, 5) is 12.2. The number of rotatable bonds is 10. The summed E-state index contributed by atoms with van der Waals surface area (Å²) in [6, 6.07) is 24.3. The Morgan fingerprint density at radius 1 is 1.00 bits per heavy atom. The zero-order chi connectivity index (χ0) is 22.2. The van der Waals surface area contributed by atoms with Gasteiger partial charge in [-0.15, -0.1) is 10.2 Å². The fraction of sp³-hybridized carbons (Fsp3) is 0.240. The van der Waals surface area contributed by atoms with Crippen molar-refractivity contribution in [3.63, 3.8) is 0 Å². The molecule has 1 aromatic heterocycles. The Labute approximate surface area is 192 Å². The average Bonchev–Trinajstić information content (AvgIpc) is 3.24. The highest BCUT2D eigenvalue weighted by Gasteiger charge is 2.14. The first-order chi connectivity index (χ1) is 15.7. The Morgan fingerprint density at radius 2 is 1.78 bits per heavy atom. The quantitative estimate of drug-likeness (QED) is 0.364. The second kappa shape index (κ2) is 10.8. The van der Waals surface area contributed by atoms with Crippen molar-refractivity contribution in [1.29, 1.82) is 0 Å². The van der Waals surface area contributed by atoms with Gasteiger partial charge in [0.05, 0.1) is 5.75 Å². The lowest BCUT2D eigenvalue weighted by molar-refractivity contribution is -0.118. The molecular formula is C25H26N4O2S. The smallest absolute Gasteiger partial charge is 0.230 e. The molecule has 4 aromatic rings. The molecule has 0 aliphatic carbocycles. The van der Waals surface area contributed by atoms with E-state index >= 15 is 0 Å². The molecule has 1 heterocycles. The van der Waals surface area contributed by atoms with E-state index in [9.17, 15) is 4.79 Å². The maximum atomic E-state index is 12.2. The normalized spacial score (nSPS) is 10.9. The highest BCUT2D eigenvalue weighted by molar-refractivity contribution is 7.99. The number of fused-ring (bicyclic) bond motifs is 1. The van der Waals surface area contributed by atoms with Gasteiger partial charge in [0.25, 0.3) is 0 Å². The van der Waals surface area contributed by atoms with Gasteiger partial charge in [0, 0.05) is 18.5 Å². The van der Waals surface area contributed by atoms with Gasteiger partial charge in [-0.3, -0.25) is 4.79 Å². The van der Waals surface area contributed by atoms with Gasteiger partial charge in [-0.2, -0.15) is 0 Å². The third kappa shape index (κ3) is 5.48. The summed E-state index contributed by atoms with van der Waals surface area (Å²) in [6.07, 6.45) is 0.818. The predicted octanol–water partition coefficient (Wildman–Crippen LogP) is 4.48. The van der Waals surface area contributed by atoms with Crippen LogP contribution in [-0.4, -0.2) is 33.0 Å². The first kappa shape index (κ1) is 21.9. The summed E-state index contributed by atoms with van der Waals surface area (Å²) in [6.45, 7) is 3.68. The number of thioether (sulfide) groups is 1. The Balaban J connectivity index is 1.31. The Bertz CT molecular complexity index is 1170. The molecule has 0 spiro atoms. The Hall–Kier alpha value is -3.32. The summed E-state index contributed by atoms with van der Waals surface area (Å²) in [5.41, 5.74) is 1.21. The number of benzene rings is 3. The second-order valence-electron chi connectivity index (χ2n) is 7.28. The molecule has 0 fully saturated rings. The molecule has 164 valence electrons. The first-order valence-corrected chi connectivity index (χ1v) is 11.7. The minimum Gasteiger partial charge on any atom is -0.485 e. The number of nitrogens with one attached hydrogen (secondary N) is 1. The SMILES string of the molecule is CCn1c(COc2cccc3ccccc23)nnc1SCC(=O)NCCc1ccccc1. The van der Waals surface area contributed by atoms with Crippen LogP contribution in [0.2, 0.25) is 0 Å². The van der Waals surface area contributed by atoms with Crippen LogP contribution >= 0.6 is 11.8 Å². The minimum absolute atomic E-state index is 0.00913. The zero-order valence-corrected chi connectivity index (χ0v) is 18.8. The number of carbonyl (C=O) groups excluding carboxylic acids is 1. The number of nitrogens with zero attached hydrogens (tertiary/aromatic N) is 3. The largest absolute Gasteiger partial charge is 0.485 e. The highest BCUT2D eigenvalue weighted by Crippen LogP contribution is 2.26. The van der Waals surface area contributed by atoms with Crippen molar-refractivity contribution in [1.82, 2.24) is 20.1 Å². The van der Waals surface area contributed by atoms with Gasteiger partial charge in [-0.05, 0) is 30.4 Å². The molecule has 0 aliphatic rings. The zero-order valence-electron chi connectivity index (χ0n) is 18.0. The van der Waals surface area contributed by atoms with Crippen LogP contribution < -0.4 is 10.1 Å². The van der Waals surface area contributed by atoms with Gasteiger partial charge in [0.15, 0.2) is 11.0 Å². The van der Waals surface area contributed by atoms with E-state index in [-0.39, 0.29) is 5.91 Å². The van der Waals surface area contributed by atoms with Crippen LogP contribution in [0.3, 0.4) is 0 Å². The van der Waals surface area contributed by atoms with Gasteiger partial charge >= 0.3 is 0 Å². The van der Waals surface area contributed by atoms with E-state index in [2.05, 4.69) is 39.8 Å². The molecular weight excluding hydrogens is 420 g/mol. The molecule has 0 unspecified atom stereocenters. The van der Waals surface area contributed by atoms with Crippen LogP contribution in [0.15, 0.2) is 78.0 Å². The molecule has 0 saturated carbocycles. The summed E-state index contributed by atoms with van der Waals surface area (Å²) in [5.74, 6) is 1.86. The first-order valence-electron chi connectivity index (χ1n) is 10.7. The van der Waals surface area contributed by atoms with Gasteiger partial charge in [0.2, 0.25) is 5.91 Å². The molecule has 3 aromatic carbocycles. The standard InChI is InChI=1S/C25H26N4O2S/c1-2-29-23(17-31-22-14-8-12-20-11-6-7-13-21(20)22)27-28-25(29)32-18-24(30)26-16-15-19-9-4-3-5-10-19/h3-14H,2,15-18H2,1H3,(H,26,30).